The van der Waals surface area contributed by atoms with Gasteiger partial charge < -0.3 is 5.73 Å². The maximum atomic E-state index is 12.5. The first-order valence-electron chi connectivity index (χ1n) is 6.88. The van der Waals surface area contributed by atoms with E-state index in [0.29, 0.717) is 12.0 Å². The fourth-order valence-electron chi connectivity index (χ4n) is 2.26. The van der Waals surface area contributed by atoms with Crippen molar-refractivity contribution in [1.82, 2.24) is 0 Å². The van der Waals surface area contributed by atoms with Crippen LogP contribution in [0.15, 0.2) is 42.5 Å². The Morgan fingerprint density at radius 2 is 1.59 bits per heavy atom. The Morgan fingerprint density at radius 1 is 1.00 bits per heavy atom. The Hall–Kier alpha value is -2.30. The molecule has 2 aromatic carbocycles. The first-order chi connectivity index (χ1) is 10.3. The molecular weight excluding hydrogens is 291 g/mol. The summed E-state index contributed by atoms with van der Waals surface area (Å²) in [7, 11) is 0. The van der Waals surface area contributed by atoms with Gasteiger partial charge in [0.2, 0.25) is 5.91 Å². The second-order valence-corrected chi connectivity index (χ2v) is 5.13. The van der Waals surface area contributed by atoms with Crippen molar-refractivity contribution in [2.24, 2.45) is 5.73 Å². The van der Waals surface area contributed by atoms with Crippen molar-refractivity contribution in [2.45, 2.75) is 25.9 Å². The number of amides is 1. The van der Waals surface area contributed by atoms with Crippen LogP contribution >= 0.6 is 0 Å². The molecule has 0 saturated heterocycles. The first-order valence-corrected chi connectivity index (χ1v) is 6.88. The predicted octanol–water partition coefficient (Wildman–Crippen LogP) is 3.96. The maximum Gasteiger partial charge on any atom is 0.416 e. The number of carbonyl (C=O) groups excluding carboxylic acids is 1. The van der Waals surface area contributed by atoms with Gasteiger partial charge >= 0.3 is 6.18 Å². The van der Waals surface area contributed by atoms with Gasteiger partial charge in [0.1, 0.15) is 0 Å². The van der Waals surface area contributed by atoms with Gasteiger partial charge in [-0.05, 0) is 53.8 Å². The van der Waals surface area contributed by atoms with E-state index in [9.17, 15) is 18.0 Å². The van der Waals surface area contributed by atoms with Crippen LogP contribution in [-0.4, -0.2) is 5.91 Å². The highest BCUT2D eigenvalue weighted by Crippen LogP contribution is 2.29. The summed E-state index contributed by atoms with van der Waals surface area (Å²) in [6.07, 6.45) is -3.13. The molecule has 2 rings (SSSR count). The fourth-order valence-corrected chi connectivity index (χ4v) is 2.26. The summed E-state index contributed by atoms with van der Waals surface area (Å²) in [6, 6.07) is 10.4. The molecule has 0 unspecified atom stereocenters. The van der Waals surface area contributed by atoms with Crippen molar-refractivity contribution >= 4 is 5.91 Å². The minimum Gasteiger partial charge on any atom is -0.366 e. The second kappa shape index (κ2) is 6.22. The summed E-state index contributed by atoms with van der Waals surface area (Å²) in [5.41, 5.74) is 7.62. The molecule has 0 bridgehead atoms. The molecule has 0 spiro atoms. The number of nitrogens with two attached hydrogens (primary N) is 1. The molecule has 116 valence electrons. The van der Waals surface area contributed by atoms with Crippen LogP contribution in [0.1, 0.15) is 39.5 Å². The highest BCUT2D eigenvalue weighted by Gasteiger charge is 2.29. The van der Waals surface area contributed by atoms with Gasteiger partial charge in [0.05, 0.1) is 5.56 Å². The van der Waals surface area contributed by atoms with Crippen LogP contribution in [-0.2, 0) is 19.0 Å². The Bertz CT molecular complexity index is 675. The van der Waals surface area contributed by atoms with E-state index >= 15 is 0 Å². The number of halogens is 3. The molecule has 0 saturated carbocycles. The highest BCUT2D eigenvalue weighted by atomic mass is 19.4. The van der Waals surface area contributed by atoms with Crippen LogP contribution in [0.4, 0.5) is 13.2 Å². The zero-order valence-electron chi connectivity index (χ0n) is 12.1. The van der Waals surface area contributed by atoms with Crippen molar-refractivity contribution in [3.05, 3.63) is 70.3 Å². The normalized spacial score (nSPS) is 11.5. The van der Waals surface area contributed by atoms with E-state index in [-0.39, 0.29) is 0 Å². The van der Waals surface area contributed by atoms with Gasteiger partial charge in [-0.15, -0.1) is 0 Å². The third-order valence-electron chi connectivity index (χ3n) is 3.43. The quantitative estimate of drug-likeness (QED) is 0.913. The van der Waals surface area contributed by atoms with Crippen molar-refractivity contribution in [3.8, 4) is 0 Å². The fraction of sp³-hybridized carbons (Fsp3) is 0.235. The van der Waals surface area contributed by atoms with Crippen LogP contribution in [0.25, 0.3) is 0 Å². The van der Waals surface area contributed by atoms with Gasteiger partial charge in [0, 0.05) is 5.56 Å². The zero-order valence-corrected chi connectivity index (χ0v) is 12.1. The van der Waals surface area contributed by atoms with Crippen LogP contribution in [0.5, 0.6) is 0 Å². The lowest BCUT2D eigenvalue weighted by molar-refractivity contribution is -0.137. The van der Waals surface area contributed by atoms with Crippen molar-refractivity contribution in [3.63, 3.8) is 0 Å². The smallest absolute Gasteiger partial charge is 0.366 e. The lowest BCUT2D eigenvalue weighted by atomic mass is 9.98. The van der Waals surface area contributed by atoms with E-state index in [0.717, 1.165) is 35.2 Å². The van der Waals surface area contributed by atoms with Crippen LogP contribution < -0.4 is 5.73 Å². The summed E-state index contributed by atoms with van der Waals surface area (Å²) in [6.45, 7) is 1.96. The Morgan fingerprint density at radius 3 is 2.09 bits per heavy atom. The monoisotopic (exact) mass is 307 g/mol. The summed E-state index contributed by atoms with van der Waals surface area (Å²) >= 11 is 0. The van der Waals surface area contributed by atoms with E-state index in [1.165, 1.54) is 12.1 Å². The van der Waals surface area contributed by atoms with Crippen molar-refractivity contribution in [2.75, 3.05) is 0 Å². The number of carbonyl (C=O) groups is 1. The summed E-state index contributed by atoms with van der Waals surface area (Å²) < 4.78 is 37.6. The lowest BCUT2D eigenvalue weighted by Gasteiger charge is -2.09. The molecule has 0 atom stereocenters. The van der Waals surface area contributed by atoms with Gasteiger partial charge in [-0.2, -0.15) is 13.2 Å². The van der Waals surface area contributed by atoms with Crippen LogP contribution in [0, 0.1) is 0 Å². The molecule has 5 heteroatoms. The number of primary amides is 1. The average Bonchev–Trinajstić information content (AvgIpc) is 2.46. The number of rotatable bonds is 4. The topological polar surface area (TPSA) is 43.1 Å². The predicted molar refractivity (Wildman–Crippen MR) is 78.6 cm³/mol. The molecule has 0 heterocycles. The Labute approximate surface area is 126 Å². The zero-order chi connectivity index (χ0) is 16.3. The van der Waals surface area contributed by atoms with E-state index < -0.39 is 17.6 Å². The molecule has 0 aliphatic heterocycles. The van der Waals surface area contributed by atoms with E-state index in [4.69, 9.17) is 5.73 Å². The van der Waals surface area contributed by atoms with Crippen molar-refractivity contribution in [1.29, 1.82) is 0 Å². The van der Waals surface area contributed by atoms with E-state index in [1.54, 1.807) is 12.1 Å². The molecule has 0 aromatic heterocycles. The van der Waals surface area contributed by atoms with Gasteiger partial charge in [-0.3, -0.25) is 4.79 Å². The van der Waals surface area contributed by atoms with E-state index in [2.05, 4.69) is 0 Å². The molecule has 2 N–H and O–H groups in total. The molecule has 1 amide bonds. The third-order valence-corrected chi connectivity index (χ3v) is 3.43. The number of hydrogen-bond donors (Lipinski definition) is 1. The van der Waals surface area contributed by atoms with Gasteiger partial charge in [0.15, 0.2) is 0 Å². The summed E-state index contributed by atoms with van der Waals surface area (Å²) in [5.74, 6) is -0.510. The Balaban J connectivity index is 2.26. The number of alkyl halides is 3. The molecule has 2 aromatic rings. The summed E-state index contributed by atoms with van der Waals surface area (Å²) in [4.78, 5) is 11.3. The molecule has 22 heavy (non-hydrogen) atoms. The van der Waals surface area contributed by atoms with E-state index in [1.807, 2.05) is 13.0 Å². The average molecular weight is 307 g/mol. The minimum atomic E-state index is -4.33. The molecule has 0 aliphatic carbocycles. The first kappa shape index (κ1) is 16.1. The largest absolute Gasteiger partial charge is 0.416 e. The molecule has 2 nitrogen and oxygen atoms in total. The highest BCUT2D eigenvalue weighted by molar-refractivity contribution is 5.93. The third kappa shape index (κ3) is 3.87. The van der Waals surface area contributed by atoms with Gasteiger partial charge in [-0.1, -0.05) is 25.1 Å². The Kier molecular flexibility index (Phi) is 4.54. The molecular formula is C17H16F3NO. The second-order valence-electron chi connectivity index (χ2n) is 5.13. The minimum absolute atomic E-state index is 0.418. The molecule has 0 fully saturated rings. The van der Waals surface area contributed by atoms with Crippen LogP contribution in [0.3, 0.4) is 0 Å². The number of hydrogen-bond acceptors (Lipinski definition) is 1. The molecule has 0 radical (unpaired) electrons. The van der Waals surface area contributed by atoms with Crippen LogP contribution in [0.2, 0.25) is 0 Å². The van der Waals surface area contributed by atoms with Crippen molar-refractivity contribution < 1.29 is 18.0 Å². The van der Waals surface area contributed by atoms with Gasteiger partial charge in [0.25, 0.3) is 0 Å². The summed E-state index contributed by atoms with van der Waals surface area (Å²) in [5, 5.41) is 0. The lowest BCUT2D eigenvalue weighted by Crippen LogP contribution is -2.12. The number of benzene rings is 2. The molecule has 0 aliphatic rings. The van der Waals surface area contributed by atoms with Gasteiger partial charge in [-0.25, -0.2) is 0 Å². The maximum absolute atomic E-state index is 12.5. The standard InChI is InChI=1S/C17H16F3NO/c1-2-11-7-13(10-14(9-11)16(21)22)8-12-3-5-15(6-4-12)17(18,19)20/h3-7,9-10H,2,8H2,1H3,(H2,21,22). The SMILES string of the molecule is CCc1cc(Cc2ccc(C(F)(F)F)cc2)cc(C(N)=O)c1. The number of aryl methyl sites for hydroxylation is 1.